The van der Waals surface area contributed by atoms with Crippen LogP contribution in [-0.2, 0) is 0 Å². The summed E-state index contributed by atoms with van der Waals surface area (Å²) in [5.74, 6) is 0.928. The van der Waals surface area contributed by atoms with E-state index in [1.54, 1.807) is 0 Å². The van der Waals surface area contributed by atoms with Crippen molar-refractivity contribution in [2.45, 2.75) is 0 Å². The van der Waals surface area contributed by atoms with Gasteiger partial charge in [0.1, 0.15) is 5.82 Å². The summed E-state index contributed by atoms with van der Waals surface area (Å²) in [4.78, 5) is 5.23. The number of imidazole rings is 1. The molecular weight excluding hydrogens is 673 g/mol. The lowest BCUT2D eigenvalue weighted by atomic mass is 9.83. The standard InChI is InChI=1S/C51H32N2S/c1-3-16-33(17-4-1)35-30-31-38-42(32-35)49(41-24-15-29-47-50(41)40-23-10-14-28-46(40)54-47)37-21-8-7-20-36(37)48(38)39-22-9-12-26-44(39)53-45-27-13-11-25-43(45)52-51(53)34-18-5-2-6-19-34/h1-32H. The highest BCUT2D eigenvalue weighted by Crippen LogP contribution is 2.49. The summed E-state index contributed by atoms with van der Waals surface area (Å²) in [5, 5.41) is 7.54. The molecule has 11 aromatic rings. The monoisotopic (exact) mass is 704 g/mol. The van der Waals surface area contributed by atoms with Crippen molar-refractivity contribution < 1.29 is 0 Å². The zero-order valence-corrected chi connectivity index (χ0v) is 30.1. The lowest BCUT2D eigenvalue weighted by Gasteiger charge is -2.22. The summed E-state index contributed by atoms with van der Waals surface area (Å²) in [6, 6.07) is 70.4. The van der Waals surface area contributed by atoms with Crippen LogP contribution in [0.15, 0.2) is 194 Å². The Morgan fingerprint density at radius 1 is 0.389 bits per heavy atom. The number of fused-ring (bicyclic) bond motifs is 6. The molecule has 0 aliphatic rings. The van der Waals surface area contributed by atoms with Crippen LogP contribution in [0.3, 0.4) is 0 Å². The molecule has 252 valence electrons. The number of aromatic nitrogens is 2. The molecule has 0 fully saturated rings. The maximum absolute atomic E-state index is 5.23. The maximum atomic E-state index is 5.23. The lowest BCUT2D eigenvalue weighted by molar-refractivity contribution is 1.10. The van der Waals surface area contributed by atoms with E-state index >= 15 is 0 Å². The molecule has 0 aliphatic carbocycles. The van der Waals surface area contributed by atoms with Gasteiger partial charge in [0, 0.05) is 31.3 Å². The largest absolute Gasteiger partial charge is 0.292 e. The van der Waals surface area contributed by atoms with Crippen LogP contribution < -0.4 is 0 Å². The summed E-state index contributed by atoms with van der Waals surface area (Å²) in [6.45, 7) is 0. The average Bonchev–Trinajstić information content (AvgIpc) is 3.82. The molecule has 0 saturated carbocycles. The summed E-state index contributed by atoms with van der Waals surface area (Å²) in [6.07, 6.45) is 0. The quantitative estimate of drug-likeness (QED) is 0.163. The van der Waals surface area contributed by atoms with E-state index in [0.29, 0.717) is 0 Å². The molecule has 2 nitrogen and oxygen atoms in total. The summed E-state index contributed by atoms with van der Waals surface area (Å²) in [5.41, 5.74) is 11.6. The van der Waals surface area contributed by atoms with Crippen LogP contribution in [0.5, 0.6) is 0 Å². The Balaban J connectivity index is 1.29. The number of rotatable bonds is 5. The third-order valence-electron chi connectivity index (χ3n) is 10.8. The van der Waals surface area contributed by atoms with E-state index in [9.17, 15) is 0 Å². The number of benzene rings is 9. The predicted molar refractivity (Wildman–Crippen MR) is 231 cm³/mol. The SMILES string of the molecule is c1ccc(-c2ccc3c(-c4ccccc4-n4c(-c5ccccc5)nc5ccccc54)c4ccccc4c(-c4cccc5sc6ccccc6c45)c3c2)cc1. The highest BCUT2D eigenvalue weighted by Gasteiger charge is 2.23. The fourth-order valence-electron chi connectivity index (χ4n) is 8.48. The number of para-hydroxylation sites is 3. The highest BCUT2D eigenvalue weighted by molar-refractivity contribution is 7.25. The lowest BCUT2D eigenvalue weighted by Crippen LogP contribution is -2.01. The second-order valence-corrected chi connectivity index (χ2v) is 14.9. The smallest absolute Gasteiger partial charge is 0.145 e. The van der Waals surface area contributed by atoms with Gasteiger partial charge in [-0.3, -0.25) is 4.57 Å². The molecule has 0 radical (unpaired) electrons. The van der Waals surface area contributed by atoms with Crippen molar-refractivity contribution in [1.82, 2.24) is 9.55 Å². The first-order valence-electron chi connectivity index (χ1n) is 18.4. The van der Waals surface area contributed by atoms with Crippen molar-refractivity contribution in [3.8, 4) is 50.5 Å². The molecule has 0 saturated heterocycles. The molecule has 0 N–H and O–H groups in total. The van der Waals surface area contributed by atoms with Gasteiger partial charge < -0.3 is 0 Å². The van der Waals surface area contributed by atoms with Crippen LogP contribution in [0, 0.1) is 0 Å². The molecule has 0 unspecified atom stereocenters. The molecule has 2 aromatic heterocycles. The number of nitrogens with zero attached hydrogens (tertiary/aromatic N) is 2. The zero-order valence-electron chi connectivity index (χ0n) is 29.3. The number of hydrogen-bond acceptors (Lipinski definition) is 2. The Labute approximate surface area is 316 Å². The van der Waals surface area contributed by atoms with Gasteiger partial charge in [-0.2, -0.15) is 0 Å². The van der Waals surface area contributed by atoms with Crippen LogP contribution in [0.1, 0.15) is 0 Å². The minimum Gasteiger partial charge on any atom is -0.292 e. The van der Waals surface area contributed by atoms with Crippen molar-refractivity contribution in [2.24, 2.45) is 0 Å². The Kier molecular flexibility index (Phi) is 7.07. The summed E-state index contributed by atoms with van der Waals surface area (Å²) >= 11 is 1.87. The Morgan fingerprint density at radius 2 is 0.981 bits per heavy atom. The molecule has 54 heavy (non-hydrogen) atoms. The molecule has 11 rings (SSSR count). The van der Waals surface area contributed by atoms with Gasteiger partial charge >= 0.3 is 0 Å². The second-order valence-electron chi connectivity index (χ2n) is 13.8. The Bertz CT molecular complexity index is 3210. The van der Waals surface area contributed by atoms with Crippen LogP contribution in [-0.4, -0.2) is 9.55 Å². The van der Waals surface area contributed by atoms with Crippen LogP contribution in [0.2, 0.25) is 0 Å². The number of hydrogen-bond donors (Lipinski definition) is 0. The fraction of sp³-hybridized carbons (Fsp3) is 0. The molecule has 0 aliphatic heterocycles. The Morgan fingerprint density at radius 3 is 1.80 bits per heavy atom. The molecule has 0 amide bonds. The van der Waals surface area contributed by atoms with Gasteiger partial charge in [-0.1, -0.05) is 158 Å². The van der Waals surface area contributed by atoms with Crippen molar-refractivity contribution in [3.63, 3.8) is 0 Å². The molecule has 9 aromatic carbocycles. The van der Waals surface area contributed by atoms with Crippen molar-refractivity contribution in [3.05, 3.63) is 194 Å². The van der Waals surface area contributed by atoms with Gasteiger partial charge in [-0.25, -0.2) is 4.98 Å². The molecule has 3 heteroatoms. The zero-order chi connectivity index (χ0) is 35.6. The normalized spacial score (nSPS) is 11.7. The van der Waals surface area contributed by atoms with Crippen LogP contribution in [0.4, 0.5) is 0 Å². The maximum Gasteiger partial charge on any atom is 0.145 e. The topological polar surface area (TPSA) is 17.8 Å². The van der Waals surface area contributed by atoms with E-state index in [0.717, 1.165) is 33.7 Å². The molecular formula is C51H32N2S. The van der Waals surface area contributed by atoms with Gasteiger partial charge in [-0.15, -0.1) is 11.3 Å². The molecule has 0 spiro atoms. The highest BCUT2D eigenvalue weighted by atomic mass is 32.1. The van der Waals surface area contributed by atoms with E-state index < -0.39 is 0 Å². The first-order chi connectivity index (χ1) is 26.8. The van der Waals surface area contributed by atoms with Crippen molar-refractivity contribution >= 4 is 64.1 Å². The van der Waals surface area contributed by atoms with E-state index in [4.69, 9.17) is 4.98 Å². The second kappa shape index (κ2) is 12.4. The van der Waals surface area contributed by atoms with Crippen LogP contribution >= 0.6 is 11.3 Å². The molecule has 0 bridgehead atoms. The number of thiophene rings is 1. The fourth-order valence-corrected chi connectivity index (χ4v) is 9.61. The molecule has 2 heterocycles. The van der Waals surface area contributed by atoms with Gasteiger partial charge in [-0.05, 0) is 85.8 Å². The molecule has 0 atom stereocenters. The minimum absolute atomic E-state index is 0.928. The van der Waals surface area contributed by atoms with E-state index in [1.807, 2.05) is 11.3 Å². The van der Waals surface area contributed by atoms with Crippen molar-refractivity contribution in [1.29, 1.82) is 0 Å². The van der Waals surface area contributed by atoms with Gasteiger partial charge in [0.25, 0.3) is 0 Å². The van der Waals surface area contributed by atoms with Crippen molar-refractivity contribution in [2.75, 3.05) is 0 Å². The van der Waals surface area contributed by atoms with E-state index in [1.165, 1.54) is 69.5 Å². The van der Waals surface area contributed by atoms with Gasteiger partial charge in [0.2, 0.25) is 0 Å². The third-order valence-corrected chi connectivity index (χ3v) is 11.9. The first kappa shape index (κ1) is 30.8. The van der Waals surface area contributed by atoms with E-state index in [2.05, 4.69) is 199 Å². The first-order valence-corrected chi connectivity index (χ1v) is 19.2. The predicted octanol–water partition coefficient (Wildman–Crippen LogP) is 14.4. The van der Waals surface area contributed by atoms with Gasteiger partial charge in [0.05, 0.1) is 16.7 Å². The summed E-state index contributed by atoms with van der Waals surface area (Å²) in [7, 11) is 0. The Hall–Kier alpha value is -6.81. The minimum atomic E-state index is 0.928. The van der Waals surface area contributed by atoms with E-state index in [-0.39, 0.29) is 0 Å². The summed E-state index contributed by atoms with van der Waals surface area (Å²) < 4.78 is 4.97. The van der Waals surface area contributed by atoms with Crippen LogP contribution in [0.25, 0.3) is 103 Å². The third kappa shape index (κ3) is 4.76. The average molecular weight is 705 g/mol. The van der Waals surface area contributed by atoms with Gasteiger partial charge in [0.15, 0.2) is 0 Å².